The lowest BCUT2D eigenvalue weighted by atomic mass is 10.1. The Hall–Kier alpha value is -2.36. The molecule has 1 aliphatic heterocycles. The second kappa shape index (κ2) is 8.84. The van der Waals surface area contributed by atoms with Gasteiger partial charge in [-0.05, 0) is 61.9 Å². The summed E-state index contributed by atoms with van der Waals surface area (Å²) in [5.41, 5.74) is 2.93. The number of carbonyl (C=O) groups is 1. The minimum absolute atomic E-state index is 0.0548. The van der Waals surface area contributed by atoms with Crippen LogP contribution in [0.2, 0.25) is 0 Å². The van der Waals surface area contributed by atoms with E-state index in [4.69, 9.17) is 0 Å². The van der Waals surface area contributed by atoms with Gasteiger partial charge in [0.05, 0.1) is 6.04 Å². The van der Waals surface area contributed by atoms with Gasteiger partial charge >= 0.3 is 0 Å². The van der Waals surface area contributed by atoms with E-state index in [0.717, 1.165) is 18.7 Å². The van der Waals surface area contributed by atoms with Gasteiger partial charge in [0.25, 0.3) is 0 Å². The van der Waals surface area contributed by atoms with Crippen molar-refractivity contribution in [2.75, 3.05) is 18.0 Å². The van der Waals surface area contributed by atoms with E-state index in [-0.39, 0.29) is 24.2 Å². The first-order valence-electron chi connectivity index (χ1n) is 9.51. The van der Waals surface area contributed by atoms with Crippen molar-refractivity contribution < 1.29 is 9.18 Å². The van der Waals surface area contributed by atoms with Crippen LogP contribution < -0.4 is 10.2 Å². The smallest absolute Gasteiger partial charge is 0.220 e. The molecule has 1 aliphatic rings. The molecule has 0 bridgehead atoms. The summed E-state index contributed by atoms with van der Waals surface area (Å²) < 4.78 is 13.6. The summed E-state index contributed by atoms with van der Waals surface area (Å²) in [7, 11) is 0. The fourth-order valence-electron chi connectivity index (χ4n) is 3.47. The largest absolute Gasteiger partial charge is 0.372 e. The third-order valence-corrected chi connectivity index (χ3v) is 5.07. The van der Waals surface area contributed by atoms with Gasteiger partial charge in [-0.1, -0.05) is 30.3 Å². The van der Waals surface area contributed by atoms with E-state index < -0.39 is 0 Å². The average molecular weight is 354 g/mol. The Morgan fingerprint density at radius 2 is 1.77 bits per heavy atom. The molecule has 0 saturated carbocycles. The van der Waals surface area contributed by atoms with E-state index in [0.29, 0.717) is 12.0 Å². The minimum atomic E-state index is -0.248. The number of piperidine rings is 1. The van der Waals surface area contributed by atoms with Gasteiger partial charge in [0.2, 0.25) is 5.91 Å². The first kappa shape index (κ1) is 18.4. The van der Waals surface area contributed by atoms with Crippen LogP contribution in [0.5, 0.6) is 0 Å². The lowest BCUT2D eigenvalue weighted by molar-refractivity contribution is -0.121. The molecule has 1 amide bonds. The Labute approximate surface area is 155 Å². The highest BCUT2D eigenvalue weighted by Crippen LogP contribution is 2.22. The molecule has 0 aromatic heterocycles. The van der Waals surface area contributed by atoms with Gasteiger partial charge in [-0.3, -0.25) is 4.79 Å². The summed E-state index contributed by atoms with van der Waals surface area (Å²) in [5.74, 6) is -0.303. The van der Waals surface area contributed by atoms with E-state index in [1.807, 2.05) is 6.92 Å². The highest BCUT2D eigenvalue weighted by Gasteiger charge is 2.13. The number of amides is 1. The van der Waals surface area contributed by atoms with Crippen LogP contribution in [-0.4, -0.2) is 19.0 Å². The summed E-state index contributed by atoms with van der Waals surface area (Å²) in [4.78, 5) is 14.6. The number of nitrogens with zero attached hydrogens (tertiary/aromatic N) is 1. The standard InChI is InChI=1S/C22H27FN2O/c1-17(24-22(26)14-11-19-7-3-4-8-21(19)23)18-9-12-20(13-10-18)25-15-5-2-6-16-25/h3-4,7-10,12-13,17H,2,5-6,11,14-16H2,1H3,(H,24,26). The maximum atomic E-state index is 13.6. The summed E-state index contributed by atoms with van der Waals surface area (Å²) in [6, 6.07) is 15.0. The van der Waals surface area contributed by atoms with Crippen molar-refractivity contribution in [3.8, 4) is 0 Å². The summed E-state index contributed by atoms with van der Waals surface area (Å²) in [6.45, 7) is 4.24. The summed E-state index contributed by atoms with van der Waals surface area (Å²) >= 11 is 0. The number of hydrogen-bond donors (Lipinski definition) is 1. The van der Waals surface area contributed by atoms with Gasteiger partial charge < -0.3 is 10.2 Å². The predicted molar refractivity (Wildman–Crippen MR) is 104 cm³/mol. The molecule has 1 fully saturated rings. The fourth-order valence-corrected chi connectivity index (χ4v) is 3.47. The highest BCUT2D eigenvalue weighted by atomic mass is 19.1. The van der Waals surface area contributed by atoms with Crippen molar-refractivity contribution in [1.82, 2.24) is 5.32 Å². The fraction of sp³-hybridized carbons (Fsp3) is 0.409. The van der Waals surface area contributed by atoms with Crippen molar-refractivity contribution in [3.05, 3.63) is 65.5 Å². The minimum Gasteiger partial charge on any atom is -0.372 e. The van der Waals surface area contributed by atoms with Crippen LogP contribution in [0.3, 0.4) is 0 Å². The normalized spacial score (nSPS) is 15.5. The van der Waals surface area contributed by atoms with Crippen LogP contribution in [-0.2, 0) is 11.2 Å². The maximum Gasteiger partial charge on any atom is 0.220 e. The first-order valence-corrected chi connectivity index (χ1v) is 9.51. The number of hydrogen-bond acceptors (Lipinski definition) is 2. The van der Waals surface area contributed by atoms with Crippen molar-refractivity contribution in [1.29, 1.82) is 0 Å². The number of benzene rings is 2. The third kappa shape index (κ3) is 4.84. The second-order valence-corrected chi connectivity index (χ2v) is 7.02. The zero-order valence-electron chi connectivity index (χ0n) is 15.4. The molecule has 3 nitrogen and oxygen atoms in total. The summed E-state index contributed by atoms with van der Waals surface area (Å²) in [6.07, 6.45) is 4.55. The topological polar surface area (TPSA) is 32.3 Å². The average Bonchev–Trinajstić information content (AvgIpc) is 2.68. The van der Waals surface area contributed by atoms with Crippen LogP contribution >= 0.6 is 0 Å². The summed E-state index contributed by atoms with van der Waals surface area (Å²) in [5, 5.41) is 3.01. The monoisotopic (exact) mass is 354 g/mol. The number of anilines is 1. The molecule has 1 atom stereocenters. The Morgan fingerprint density at radius 1 is 1.08 bits per heavy atom. The van der Waals surface area contributed by atoms with Gasteiger partial charge in [-0.2, -0.15) is 0 Å². The van der Waals surface area contributed by atoms with Gasteiger partial charge in [-0.15, -0.1) is 0 Å². The molecular weight excluding hydrogens is 327 g/mol. The number of carbonyl (C=O) groups excluding carboxylic acids is 1. The van der Waals surface area contributed by atoms with E-state index in [2.05, 4.69) is 34.5 Å². The van der Waals surface area contributed by atoms with Crippen LogP contribution in [0, 0.1) is 5.82 Å². The molecule has 138 valence electrons. The molecular formula is C22H27FN2O. The van der Waals surface area contributed by atoms with E-state index >= 15 is 0 Å². The molecule has 3 rings (SSSR count). The SMILES string of the molecule is CC(NC(=O)CCc1ccccc1F)c1ccc(N2CCCCC2)cc1. The molecule has 0 radical (unpaired) electrons. The lowest BCUT2D eigenvalue weighted by Crippen LogP contribution is -2.29. The van der Waals surface area contributed by atoms with Crippen LogP contribution in [0.4, 0.5) is 10.1 Å². The van der Waals surface area contributed by atoms with Gasteiger partial charge in [-0.25, -0.2) is 4.39 Å². The van der Waals surface area contributed by atoms with E-state index in [1.54, 1.807) is 18.2 Å². The molecule has 1 unspecified atom stereocenters. The van der Waals surface area contributed by atoms with E-state index in [1.165, 1.54) is 31.0 Å². The van der Waals surface area contributed by atoms with Crippen molar-refractivity contribution in [3.63, 3.8) is 0 Å². The Morgan fingerprint density at radius 3 is 2.46 bits per heavy atom. The molecule has 1 N–H and O–H groups in total. The van der Waals surface area contributed by atoms with Crippen LogP contribution in [0.15, 0.2) is 48.5 Å². The van der Waals surface area contributed by atoms with Gasteiger partial charge in [0.1, 0.15) is 5.82 Å². The highest BCUT2D eigenvalue weighted by molar-refractivity contribution is 5.76. The Kier molecular flexibility index (Phi) is 6.26. The lowest BCUT2D eigenvalue weighted by Gasteiger charge is -2.29. The molecule has 2 aromatic rings. The zero-order valence-corrected chi connectivity index (χ0v) is 15.4. The quantitative estimate of drug-likeness (QED) is 0.820. The second-order valence-electron chi connectivity index (χ2n) is 7.02. The number of aryl methyl sites for hydroxylation is 1. The Bertz CT molecular complexity index is 723. The van der Waals surface area contributed by atoms with E-state index in [9.17, 15) is 9.18 Å². The van der Waals surface area contributed by atoms with Crippen LogP contribution in [0.1, 0.15) is 49.8 Å². The number of halogens is 1. The number of rotatable bonds is 6. The Balaban J connectivity index is 1.51. The van der Waals surface area contributed by atoms with Crippen molar-refractivity contribution >= 4 is 11.6 Å². The number of nitrogens with one attached hydrogen (secondary N) is 1. The van der Waals surface area contributed by atoms with Crippen molar-refractivity contribution in [2.24, 2.45) is 0 Å². The van der Waals surface area contributed by atoms with Gasteiger partial charge in [0, 0.05) is 25.2 Å². The van der Waals surface area contributed by atoms with Crippen molar-refractivity contribution in [2.45, 2.75) is 45.1 Å². The molecule has 0 aliphatic carbocycles. The molecule has 26 heavy (non-hydrogen) atoms. The van der Waals surface area contributed by atoms with Gasteiger partial charge in [0.15, 0.2) is 0 Å². The predicted octanol–water partition coefficient (Wildman–Crippen LogP) is 4.63. The zero-order chi connectivity index (χ0) is 18.4. The maximum absolute atomic E-state index is 13.6. The molecule has 0 spiro atoms. The van der Waals surface area contributed by atoms with Crippen LogP contribution in [0.25, 0.3) is 0 Å². The molecule has 1 heterocycles. The molecule has 4 heteroatoms. The third-order valence-electron chi connectivity index (χ3n) is 5.07. The first-order chi connectivity index (χ1) is 12.6. The molecule has 1 saturated heterocycles. The molecule has 2 aromatic carbocycles.